The molecule has 6 heteroatoms. The molecule has 0 heterocycles. The van der Waals surface area contributed by atoms with E-state index in [-0.39, 0.29) is 0 Å². The zero-order chi connectivity index (χ0) is 14.3. The summed E-state index contributed by atoms with van der Waals surface area (Å²) in [7, 11) is 0. The molecule has 1 saturated carbocycles. The van der Waals surface area contributed by atoms with Gasteiger partial charge in [-0.2, -0.15) is 0 Å². The molecule has 0 bridgehead atoms. The fourth-order valence-electron chi connectivity index (χ4n) is 2.08. The summed E-state index contributed by atoms with van der Waals surface area (Å²) in [6.45, 7) is 2.36. The maximum atomic E-state index is 10.2. The molecule has 1 aromatic rings. The summed E-state index contributed by atoms with van der Waals surface area (Å²) in [6.07, 6.45) is 7.44. The Bertz CT molecular complexity index is 409. The highest BCUT2D eigenvalue weighted by atomic mass is 16.6. The predicted molar refractivity (Wildman–Crippen MR) is 72.0 cm³/mol. The van der Waals surface area contributed by atoms with Gasteiger partial charge in [0.05, 0.1) is 9.85 Å². The van der Waals surface area contributed by atoms with Crippen LogP contribution in [0, 0.1) is 26.1 Å². The van der Waals surface area contributed by atoms with Crippen LogP contribution in [-0.4, -0.2) is 9.85 Å². The number of benzene rings is 1. The Morgan fingerprint density at radius 3 is 1.63 bits per heavy atom. The SMILES string of the molecule is CC1CCCCC1.O=[N+]([O-])c1ccccc1[N+](=O)[O-]. The van der Waals surface area contributed by atoms with Gasteiger partial charge in [-0.25, -0.2) is 0 Å². The number of hydrogen-bond acceptors (Lipinski definition) is 4. The average Bonchev–Trinajstić information content (AvgIpc) is 2.40. The third-order valence-corrected chi connectivity index (χ3v) is 3.17. The van der Waals surface area contributed by atoms with Crippen LogP contribution in [0.15, 0.2) is 24.3 Å². The molecule has 104 valence electrons. The summed E-state index contributed by atoms with van der Waals surface area (Å²) in [5.41, 5.74) is -0.968. The number of nitrogens with zero attached hydrogens (tertiary/aromatic N) is 2. The Hall–Kier alpha value is -1.98. The summed E-state index contributed by atoms with van der Waals surface area (Å²) in [4.78, 5) is 18.9. The van der Waals surface area contributed by atoms with E-state index in [0.29, 0.717) is 0 Å². The molecule has 2 rings (SSSR count). The van der Waals surface area contributed by atoms with Crippen LogP contribution in [0.4, 0.5) is 11.4 Å². The van der Waals surface area contributed by atoms with Crippen molar-refractivity contribution >= 4 is 11.4 Å². The van der Waals surface area contributed by atoms with Gasteiger partial charge in [-0.05, 0) is 5.92 Å². The second-order valence-electron chi connectivity index (χ2n) is 4.75. The number of para-hydroxylation sites is 2. The van der Waals surface area contributed by atoms with Crippen LogP contribution in [0.2, 0.25) is 0 Å². The van der Waals surface area contributed by atoms with E-state index in [9.17, 15) is 20.2 Å². The molecule has 0 unspecified atom stereocenters. The minimum atomic E-state index is -0.780. The fourth-order valence-corrected chi connectivity index (χ4v) is 2.08. The van der Waals surface area contributed by atoms with E-state index in [1.54, 1.807) is 0 Å². The fraction of sp³-hybridized carbons (Fsp3) is 0.538. The molecule has 1 aliphatic carbocycles. The van der Waals surface area contributed by atoms with Gasteiger partial charge in [0.15, 0.2) is 0 Å². The first-order valence-electron chi connectivity index (χ1n) is 6.40. The Balaban J connectivity index is 0.000000218. The highest BCUT2D eigenvalue weighted by Crippen LogP contribution is 2.24. The molecular formula is C13H18N2O4. The molecule has 19 heavy (non-hydrogen) atoms. The summed E-state index contributed by atoms with van der Waals surface area (Å²) in [5, 5.41) is 20.5. The molecule has 0 aromatic heterocycles. The standard InChI is InChI=1S/C7H14.C6H4N2O4/c1-7-5-3-2-4-6-7;9-7(10)5-3-1-2-4-6(5)8(11)12/h7H,2-6H2,1H3;1-4H. The van der Waals surface area contributed by atoms with Crippen LogP contribution in [0.5, 0.6) is 0 Å². The maximum absolute atomic E-state index is 10.2. The summed E-state index contributed by atoms with van der Waals surface area (Å²) in [5.74, 6) is 1.04. The van der Waals surface area contributed by atoms with Crippen molar-refractivity contribution in [3.8, 4) is 0 Å². The lowest BCUT2D eigenvalue weighted by atomic mass is 9.91. The third-order valence-electron chi connectivity index (χ3n) is 3.17. The normalized spacial score (nSPS) is 15.2. The number of nitro benzene ring substituents is 2. The molecule has 1 aromatic carbocycles. The van der Waals surface area contributed by atoms with Crippen LogP contribution in [0.1, 0.15) is 39.0 Å². The van der Waals surface area contributed by atoms with E-state index in [1.165, 1.54) is 44.2 Å². The van der Waals surface area contributed by atoms with E-state index in [2.05, 4.69) is 6.92 Å². The van der Waals surface area contributed by atoms with E-state index in [1.807, 2.05) is 0 Å². The molecular weight excluding hydrogens is 248 g/mol. The lowest BCUT2D eigenvalue weighted by Crippen LogP contribution is -1.99. The Morgan fingerprint density at radius 1 is 0.947 bits per heavy atom. The first-order valence-corrected chi connectivity index (χ1v) is 6.40. The summed E-state index contributed by atoms with van der Waals surface area (Å²) >= 11 is 0. The van der Waals surface area contributed by atoms with Crippen LogP contribution >= 0.6 is 0 Å². The number of hydrogen-bond donors (Lipinski definition) is 0. The van der Waals surface area contributed by atoms with Crippen molar-refractivity contribution in [2.75, 3.05) is 0 Å². The lowest BCUT2D eigenvalue weighted by Gasteiger charge is -2.15. The van der Waals surface area contributed by atoms with Gasteiger partial charge < -0.3 is 0 Å². The van der Waals surface area contributed by atoms with Gasteiger partial charge in [0, 0.05) is 12.1 Å². The molecule has 0 amide bonds. The lowest BCUT2D eigenvalue weighted by molar-refractivity contribution is -0.422. The predicted octanol–water partition coefficient (Wildman–Crippen LogP) is 4.09. The van der Waals surface area contributed by atoms with Crippen molar-refractivity contribution in [3.63, 3.8) is 0 Å². The van der Waals surface area contributed by atoms with Crippen LogP contribution in [0.3, 0.4) is 0 Å². The van der Waals surface area contributed by atoms with Gasteiger partial charge in [-0.3, -0.25) is 20.2 Å². The molecule has 0 radical (unpaired) electrons. The van der Waals surface area contributed by atoms with E-state index in [0.717, 1.165) is 18.1 Å². The highest BCUT2D eigenvalue weighted by molar-refractivity contribution is 5.51. The molecule has 0 atom stereocenters. The van der Waals surface area contributed by atoms with Crippen LogP contribution in [0.25, 0.3) is 0 Å². The monoisotopic (exact) mass is 266 g/mol. The molecule has 0 aliphatic heterocycles. The minimum Gasteiger partial charge on any atom is -0.258 e. The first kappa shape index (κ1) is 15.1. The largest absolute Gasteiger partial charge is 0.346 e. The van der Waals surface area contributed by atoms with Crippen molar-refractivity contribution in [2.24, 2.45) is 5.92 Å². The quantitative estimate of drug-likeness (QED) is 0.595. The average molecular weight is 266 g/mol. The van der Waals surface area contributed by atoms with Crippen LogP contribution in [-0.2, 0) is 0 Å². The van der Waals surface area contributed by atoms with E-state index < -0.39 is 21.2 Å². The molecule has 6 nitrogen and oxygen atoms in total. The minimum absolute atomic E-state index is 0.484. The number of nitro groups is 2. The number of rotatable bonds is 2. The van der Waals surface area contributed by atoms with Gasteiger partial charge >= 0.3 is 11.4 Å². The summed E-state index contributed by atoms with van der Waals surface area (Å²) < 4.78 is 0. The summed E-state index contributed by atoms with van der Waals surface area (Å²) in [6, 6.07) is 4.95. The molecule has 0 saturated heterocycles. The molecule has 1 fully saturated rings. The van der Waals surface area contributed by atoms with Crippen molar-refractivity contribution in [3.05, 3.63) is 44.5 Å². The second-order valence-corrected chi connectivity index (χ2v) is 4.75. The molecule has 0 spiro atoms. The van der Waals surface area contributed by atoms with Gasteiger partial charge in [0.1, 0.15) is 0 Å². The van der Waals surface area contributed by atoms with Gasteiger partial charge in [0.2, 0.25) is 0 Å². The first-order chi connectivity index (χ1) is 9.02. The van der Waals surface area contributed by atoms with Crippen molar-refractivity contribution in [2.45, 2.75) is 39.0 Å². The zero-order valence-corrected chi connectivity index (χ0v) is 10.9. The van der Waals surface area contributed by atoms with Crippen LogP contribution < -0.4 is 0 Å². The highest BCUT2D eigenvalue weighted by Gasteiger charge is 2.21. The smallest absolute Gasteiger partial charge is 0.258 e. The Morgan fingerprint density at radius 2 is 1.37 bits per heavy atom. The molecule has 0 N–H and O–H groups in total. The topological polar surface area (TPSA) is 86.3 Å². The Labute approximate surface area is 111 Å². The Kier molecular flexibility index (Phi) is 5.92. The van der Waals surface area contributed by atoms with E-state index >= 15 is 0 Å². The third kappa shape index (κ3) is 5.03. The van der Waals surface area contributed by atoms with Crippen molar-refractivity contribution in [1.29, 1.82) is 0 Å². The molecule has 1 aliphatic rings. The zero-order valence-electron chi connectivity index (χ0n) is 10.9. The van der Waals surface area contributed by atoms with E-state index in [4.69, 9.17) is 0 Å². The van der Waals surface area contributed by atoms with Crippen molar-refractivity contribution < 1.29 is 9.85 Å². The second kappa shape index (κ2) is 7.45. The van der Waals surface area contributed by atoms with Gasteiger partial charge in [0.25, 0.3) is 0 Å². The van der Waals surface area contributed by atoms with Gasteiger partial charge in [-0.1, -0.05) is 51.2 Å². The maximum Gasteiger partial charge on any atom is 0.346 e. The van der Waals surface area contributed by atoms with Crippen molar-refractivity contribution in [1.82, 2.24) is 0 Å². The van der Waals surface area contributed by atoms with Gasteiger partial charge in [-0.15, -0.1) is 0 Å².